The van der Waals surface area contributed by atoms with Crippen molar-refractivity contribution in [3.63, 3.8) is 0 Å². The van der Waals surface area contributed by atoms with Crippen molar-refractivity contribution in [1.82, 2.24) is 19.6 Å². The van der Waals surface area contributed by atoms with E-state index in [4.69, 9.17) is 5.73 Å². The van der Waals surface area contributed by atoms with Crippen molar-refractivity contribution in [2.75, 3.05) is 11.9 Å². The zero-order valence-electron chi connectivity index (χ0n) is 11.9. The van der Waals surface area contributed by atoms with Gasteiger partial charge in [-0.3, -0.25) is 4.40 Å². The summed E-state index contributed by atoms with van der Waals surface area (Å²) in [7, 11) is 0. The maximum Gasteiger partial charge on any atom is 0.203 e. The first-order valence-corrected chi connectivity index (χ1v) is 6.95. The largest absolute Gasteiger partial charge is 0.363 e. The van der Waals surface area contributed by atoms with Crippen LogP contribution in [0.5, 0.6) is 0 Å². The van der Waals surface area contributed by atoms with Crippen LogP contribution in [-0.4, -0.2) is 32.2 Å². The van der Waals surface area contributed by atoms with Gasteiger partial charge in [-0.15, -0.1) is 10.2 Å². The van der Waals surface area contributed by atoms with Crippen LogP contribution in [0.15, 0.2) is 42.7 Å². The summed E-state index contributed by atoms with van der Waals surface area (Å²) in [5.74, 6) is 1.55. The van der Waals surface area contributed by atoms with E-state index in [1.165, 1.54) is 5.56 Å². The Hall–Kier alpha value is -2.47. The molecule has 0 aliphatic heterocycles. The molecular weight excluding hydrogens is 264 g/mol. The second kappa shape index (κ2) is 5.88. The van der Waals surface area contributed by atoms with Gasteiger partial charge in [-0.2, -0.15) is 0 Å². The van der Waals surface area contributed by atoms with Crippen molar-refractivity contribution in [3.8, 4) is 0 Å². The highest BCUT2D eigenvalue weighted by atomic mass is 15.3. The van der Waals surface area contributed by atoms with Gasteiger partial charge in [0, 0.05) is 25.0 Å². The molecule has 0 amide bonds. The number of rotatable bonds is 5. The summed E-state index contributed by atoms with van der Waals surface area (Å²) in [4.78, 5) is 4.36. The summed E-state index contributed by atoms with van der Waals surface area (Å²) in [5, 5.41) is 11.6. The number of nitrogens with zero attached hydrogens (tertiary/aromatic N) is 4. The maximum absolute atomic E-state index is 5.88. The maximum atomic E-state index is 5.88. The molecule has 0 radical (unpaired) electrons. The zero-order chi connectivity index (χ0) is 14.7. The van der Waals surface area contributed by atoms with Gasteiger partial charge >= 0.3 is 0 Å². The van der Waals surface area contributed by atoms with E-state index in [-0.39, 0.29) is 6.04 Å². The summed E-state index contributed by atoms with van der Waals surface area (Å²) >= 11 is 0. The predicted molar refractivity (Wildman–Crippen MR) is 82.1 cm³/mol. The molecule has 0 bridgehead atoms. The summed E-state index contributed by atoms with van der Waals surface area (Å²) in [6, 6.07) is 10.4. The average molecular weight is 282 g/mol. The molecule has 2 aromatic heterocycles. The Morgan fingerprint density at radius 3 is 2.81 bits per heavy atom. The number of hydrogen-bond acceptors (Lipinski definition) is 5. The molecule has 6 heteroatoms. The molecule has 3 rings (SSSR count). The first-order chi connectivity index (χ1) is 10.3. The lowest BCUT2D eigenvalue weighted by molar-refractivity contribution is 0.720. The van der Waals surface area contributed by atoms with Crippen LogP contribution in [0.2, 0.25) is 0 Å². The van der Waals surface area contributed by atoms with Gasteiger partial charge in [0.15, 0.2) is 5.82 Å². The van der Waals surface area contributed by atoms with Gasteiger partial charge in [0.2, 0.25) is 5.65 Å². The molecule has 0 aliphatic rings. The minimum absolute atomic E-state index is 0.100. The van der Waals surface area contributed by atoms with Crippen LogP contribution in [0, 0.1) is 6.92 Å². The first-order valence-electron chi connectivity index (χ1n) is 6.95. The summed E-state index contributed by atoms with van der Waals surface area (Å²) in [6.07, 6.45) is 4.43. The van der Waals surface area contributed by atoms with E-state index in [1.54, 1.807) is 6.20 Å². The molecule has 21 heavy (non-hydrogen) atoms. The van der Waals surface area contributed by atoms with Gasteiger partial charge in [-0.1, -0.05) is 30.3 Å². The van der Waals surface area contributed by atoms with Crippen LogP contribution >= 0.6 is 0 Å². The predicted octanol–water partition coefficient (Wildman–Crippen LogP) is 1.41. The third kappa shape index (κ3) is 2.85. The molecule has 0 spiro atoms. The smallest absolute Gasteiger partial charge is 0.203 e. The highest BCUT2D eigenvalue weighted by molar-refractivity contribution is 5.62. The van der Waals surface area contributed by atoms with Crippen LogP contribution in [0.4, 0.5) is 5.82 Å². The lowest BCUT2D eigenvalue weighted by Gasteiger charge is -2.17. The van der Waals surface area contributed by atoms with Gasteiger partial charge in [0.25, 0.3) is 0 Å². The number of fused-ring (bicyclic) bond motifs is 1. The Labute approximate surface area is 123 Å². The van der Waals surface area contributed by atoms with Crippen LogP contribution in [0.3, 0.4) is 0 Å². The Balaban J connectivity index is 1.82. The highest BCUT2D eigenvalue weighted by Gasteiger charge is 2.13. The van der Waals surface area contributed by atoms with Gasteiger partial charge in [0.1, 0.15) is 5.82 Å². The summed E-state index contributed by atoms with van der Waals surface area (Å²) < 4.78 is 1.91. The fourth-order valence-corrected chi connectivity index (χ4v) is 2.33. The first kappa shape index (κ1) is 13.5. The molecule has 0 aliphatic carbocycles. The topological polar surface area (TPSA) is 81.1 Å². The Morgan fingerprint density at radius 1 is 1.24 bits per heavy atom. The van der Waals surface area contributed by atoms with Crippen molar-refractivity contribution in [2.24, 2.45) is 5.73 Å². The van der Waals surface area contributed by atoms with Gasteiger partial charge in [-0.05, 0) is 18.9 Å². The van der Waals surface area contributed by atoms with E-state index in [1.807, 2.05) is 35.7 Å². The summed E-state index contributed by atoms with van der Waals surface area (Å²) in [6.45, 7) is 2.43. The van der Waals surface area contributed by atoms with E-state index >= 15 is 0 Å². The van der Waals surface area contributed by atoms with E-state index < -0.39 is 0 Å². The van der Waals surface area contributed by atoms with Gasteiger partial charge < -0.3 is 11.1 Å². The number of aromatic nitrogens is 4. The molecular formula is C15H18N6. The Morgan fingerprint density at radius 2 is 2.05 bits per heavy atom. The molecule has 6 nitrogen and oxygen atoms in total. The lowest BCUT2D eigenvalue weighted by atomic mass is 10.1. The second-order valence-electron chi connectivity index (χ2n) is 4.98. The minimum atomic E-state index is 0.100. The van der Waals surface area contributed by atoms with Crippen LogP contribution in [0.1, 0.15) is 11.4 Å². The number of hydrogen-bond donors (Lipinski definition) is 2. The fourth-order valence-electron chi connectivity index (χ4n) is 2.33. The zero-order valence-corrected chi connectivity index (χ0v) is 11.9. The SMILES string of the molecule is Cc1nnc2c(NC(CN)Cc3ccccc3)nccn12. The molecule has 3 N–H and O–H groups in total. The molecule has 1 atom stereocenters. The van der Waals surface area contributed by atoms with E-state index in [0.29, 0.717) is 12.4 Å². The van der Waals surface area contributed by atoms with Crippen molar-refractivity contribution < 1.29 is 0 Å². The third-order valence-corrected chi connectivity index (χ3v) is 3.45. The Bertz CT molecular complexity index is 721. The minimum Gasteiger partial charge on any atom is -0.363 e. The number of nitrogens with two attached hydrogens (primary N) is 1. The lowest BCUT2D eigenvalue weighted by Crippen LogP contribution is -2.31. The third-order valence-electron chi connectivity index (χ3n) is 3.45. The van der Waals surface area contributed by atoms with E-state index in [0.717, 1.165) is 17.9 Å². The normalized spacial score (nSPS) is 12.5. The molecule has 0 saturated carbocycles. The van der Waals surface area contributed by atoms with Crippen molar-refractivity contribution >= 4 is 11.5 Å². The summed E-state index contributed by atoms with van der Waals surface area (Å²) in [5.41, 5.74) is 7.85. The molecule has 1 unspecified atom stereocenters. The number of benzene rings is 1. The van der Waals surface area contributed by atoms with E-state index in [2.05, 4.69) is 32.6 Å². The molecule has 0 saturated heterocycles. The highest BCUT2D eigenvalue weighted by Crippen LogP contribution is 2.14. The fraction of sp³-hybridized carbons (Fsp3) is 0.267. The van der Waals surface area contributed by atoms with Crippen molar-refractivity contribution in [1.29, 1.82) is 0 Å². The van der Waals surface area contributed by atoms with E-state index in [9.17, 15) is 0 Å². The Kier molecular flexibility index (Phi) is 3.79. The van der Waals surface area contributed by atoms with Gasteiger partial charge in [0.05, 0.1) is 0 Å². The molecule has 108 valence electrons. The molecule has 0 fully saturated rings. The van der Waals surface area contributed by atoms with Crippen LogP contribution < -0.4 is 11.1 Å². The number of nitrogens with one attached hydrogen (secondary N) is 1. The number of aryl methyl sites for hydroxylation is 1. The average Bonchev–Trinajstić information content (AvgIpc) is 2.90. The monoisotopic (exact) mass is 282 g/mol. The molecule has 2 heterocycles. The molecule has 3 aromatic rings. The molecule has 1 aromatic carbocycles. The second-order valence-corrected chi connectivity index (χ2v) is 4.98. The van der Waals surface area contributed by atoms with Crippen molar-refractivity contribution in [3.05, 3.63) is 54.1 Å². The van der Waals surface area contributed by atoms with Crippen molar-refractivity contribution in [2.45, 2.75) is 19.4 Å². The van der Waals surface area contributed by atoms with Crippen LogP contribution in [0.25, 0.3) is 5.65 Å². The number of anilines is 1. The van der Waals surface area contributed by atoms with Crippen LogP contribution in [-0.2, 0) is 6.42 Å². The quantitative estimate of drug-likeness (QED) is 0.739. The van der Waals surface area contributed by atoms with Gasteiger partial charge in [-0.25, -0.2) is 4.98 Å². The standard InChI is InChI=1S/C15H18N6/c1-11-19-20-15-14(17-7-8-21(11)15)18-13(10-16)9-12-5-3-2-4-6-12/h2-8,13H,9-10,16H2,1H3,(H,17,18).